The van der Waals surface area contributed by atoms with Gasteiger partial charge in [0.15, 0.2) is 0 Å². The van der Waals surface area contributed by atoms with E-state index >= 15 is 0 Å². The lowest BCUT2D eigenvalue weighted by atomic mass is 9.93. The molecule has 18 heavy (non-hydrogen) atoms. The molecule has 1 aromatic heterocycles. The van der Waals surface area contributed by atoms with Gasteiger partial charge in [-0.05, 0) is 49.1 Å². The summed E-state index contributed by atoms with van der Waals surface area (Å²) < 4.78 is 0. The maximum Gasteiger partial charge on any atom is 0.225 e. The van der Waals surface area contributed by atoms with E-state index in [1.807, 2.05) is 11.3 Å². The summed E-state index contributed by atoms with van der Waals surface area (Å²) in [5.74, 6) is 0.207. The normalized spacial score (nSPS) is 31.1. The monoisotopic (exact) mass is 264 g/mol. The highest BCUT2D eigenvalue weighted by atomic mass is 32.1. The maximum absolute atomic E-state index is 12.3. The molecule has 1 saturated carbocycles. The Morgan fingerprint density at radius 2 is 2.22 bits per heavy atom. The van der Waals surface area contributed by atoms with Crippen molar-refractivity contribution in [2.24, 2.45) is 11.7 Å². The zero-order valence-corrected chi connectivity index (χ0v) is 11.3. The summed E-state index contributed by atoms with van der Waals surface area (Å²) in [4.78, 5) is 13.7. The fraction of sp³-hybridized carbons (Fsp3) is 0.643. The molecule has 4 heteroatoms. The summed E-state index contributed by atoms with van der Waals surface area (Å²) in [6.45, 7) is 0. The molecule has 0 bridgehead atoms. The highest BCUT2D eigenvalue weighted by molar-refractivity contribution is 7.10. The topological polar surface area (TPSA) is 55.1 Å². The van der Waals surface area contributed by atoms with Crippen molar-refractivity contribution in [3.63, 3.8) is 0 Å². The van der Waals surface area contributed by atoms with Crippen LogP contribution in [0.1, 0.15) is 48.6 Å². The molecule has 98 valence electrons. The van der Waals surface area contributed by atoms with E-state index < -0.39 is 0 Å². The second-order valence-corrected chi connectivity index (χ2v) is 6.45. The van der Waals surface area contributed by atoms with E-state index in [0.717, 1.165) is 25.7 Å². The fourth-order valence-corrected chi connectivity index (χ4v) is 4.22. The van der Waals surface area contributed by atoms with Crippen LogP contribution in [-0.2, 0) is 11.2 Å². The molecule has 1 aromatic rings. The quantitative estimate of drug-likeness (QED) is 0.861. The largest absolute Gasteiger partial charge is 0.349 e. The summed E-state index contributed by atoms with van der Waals surface area (Å²) in [6, 6.07) is 2.45. The predicted molar refractivity (Wildman–Crippen MR) is 73.5 cm³/mol. The van der Waals surface area contributed by atoms with Gasteiger partial charge in [0.25, 0.3) is 0 Å². The number of thiophene rings is 1. The average Bonchev–Trinajstić information content (AvgIpc) is 2.97. The minimum atomic E-state index is 0.0361. The Balaban J connectivity index is 1.69. The zero-order chi connectivity index (χ0) is 12.5. The highest BCUT2D eigenvalue weighted by Crippen LogP contribution is 2.34. The first kappa shape index (κ1) is 12.2. The molecule has 0 saturated heterocycles. The van der Waals surface area contributed by atoms with Gasteiger partial charge in [-0.2, -0.15) is 0 Å². The van der Waals surface area contributed by atoms with Crippen LogP contribution in [0.15, 0.2) is 11.4 Å². The van der Waals surface area contributed by atoms with Crippen molar-refractivity contribution >= 4 is 17.2 Å². The summed E-state index contributed by atoms with van der Waals surface area (Å²) in [5, 5.41) is 5.36. The Hall–Kier alpha value is -0.870. The van der Waals surface area contributed by atoms with E-state index in [0.29, 0.717) is 0 Å². The second-order valence-electron chi connectivity index (χ2n) is 5.45. The van der Waals surface area contributed by atoms with Gasteiger partial charge in [-0.25, -0.2) is 0 Å². The van der Waals surface area contributed by atoms with E-state index in [-0.39, 0.29) is 23.9 Å². The third-order valence-electron chi connectivity index (χ3n) is 4.27. The van der Waals surface area contributed by atoms with Crippen molar-refractivity contribution in [1.29, 1.82) is 0 Å². The minimum absolute atomic E-state index is 0.0361. The smallest absolute Gasteiger partial charge is 0.225 e. The van der Waals surface area contributed by atoms with Crippen LogP contribution in [0.3, 0.4) is 0 Å². The Labute approximate surface area is 112 Å². The Bertz CT molecular complexity index is 443. The van der Waals surface area contributed by atoms with Crippen LogP contribution in [0.25, 0.3) is 0 Å². The zero-order valence-electron chi connectivity index (χ0n) is 10.5. The number of carbonyl (C=O) groups excluding carboxylic acids is 1. The summed E-state index contributed by atoms with van der Waals surface area (Å²) in [6.07, 6.45) is 6.45. The molecule has 0 aliphatic heterocycles. The number of amides is 1. The van der Waals surface area contributed by atoms with Crippen LogP contribution >= 0.6 is 11.3 Å². The molecule has 2 aliphatic carbocycles. The van der Waals surface area contributed by atoms with Gasteiger partial charge >= 0.3 is 0 Å². The van der Waals surface area contributed by atoms with Gasteiger partial charge < -0.3 is 11.1 Å². The first-order valence-corrected chi connectivity index (χ1v) is 7.76. The lowest BCUT2D eigenvalue weighted by molar-refractivity contribution is -0.126. The van der Waals surface area contributed by atoms with Gasteiger partial charge in [0, 0.05) is 10.9 Å². The van der Waals surface area contributed by atoms with Crippen molar-refractivity contribution in [2.45, 2.75) is 50.6 Å². The highest BCUT2D eigenvalue weighted by Gasteiger charge is 2.32. The summed E-state index contributed by atoms with van der Waals surface area (Å²) in [7, 11) is 0. The maximum atomic E-state index is 12.3. The molecule has 3 rings (SSSR count). The number of carbonyl (C=O) groups is 1. The second kappa shape index (κ2) is 5.02. The van der Waals surface area contributed by atoms with E-state index in [4.69, 9.17) is 5.73 Å². The molecular formula is C14H20N2OS. The molecule has 1 fully saturated rings. The Morgan fingerprint density at radius 3 is 3.00 bits per heavy atom. The van der Waals surface area contributed by atoms with Gasteiger partial charge in [-0.3, -0.25) is 4.79 Å². The average molecular weight is 264 g/mol. The number of nitrogens with two attached hydrogens (primary N) is 1. The third-order valence-corrected chi connectivity index (χ3v) is 5.27. The predicted octanol–water partition coefficient (Wildman–Crippen LogP) is 2.37. The lowest BCUT2D eigenvalue weighted by Crippen LogP contribution is -2.40. The van der Waals surface area contributed by atoms with Crippen molar-refractivity contribution in [3.05, 3.63) is 21.9 Å². The first-order chi connectivity index (χ1) is 8.75. The molecule has 3 N–H and O–H groups in total. The van der Waals surface area contributed by atoms with Crippen molar-refractivity contribution < 1.29 is 4.79 Å². The van der Waals surface area contributed by atoms with E-state index in [1.165, 1.54) is 23.3 Å². The third kappa shape index (κ3) is 2.19. The van der Waals surface area contributed by atoms with E-state index in [1.54, 1.807) is 0 Å². The number of hydrogen-bond donors (Lipinski definition) is 2. The van der Waals surface area contributed by atoms with Crippen molar-refractivity contribution in [2.75, 3.05) is 0 Å². The van der Waals surface area contributed by atoms with Crippen LogP contribution in [-0.4, -0.2) is 11.9 Å². The van der Waals surface area contributed by atoms with Gasteiger partial charge in [0.1, 0.15) is 0 Å². The van der Waals surface area contributed by atoms with Gasteiger partial charge in [0.2, 0.25) is 5.91 Å². The standard InChI is InChI=1S/C14H20N2OS/c15-11-4-1-3-9(11)14(17)16-12-5-2-6-13-10(12)7-8-18-13/h7-9,11-12H,1-6,15H2,(H,16,17). The van der Waals surface area contributed by atoms with Crippen LogP contribution < -0.4 is 11.1 Å². The van der Waals surface area contributed by atoms with Crippen molar-refractivity contribution in [1.82, 2.24) is 5.32 Å². The van der Waals surface area contributed by atoms with Crippen LogP contribution in [0.2, 0.25) is 0 Å². The molecule has 0 spiro atoms. The van der Waals surface area contributed by atoms with Gasteiger partial charge in [-0.15, -0.1) is 11.3 Å². The van der Waals surface area contributed by atoms with Crippen LogP contribution in [0.5, 0.6) is 0 Å². The Kier molecular flexibility index (Phi) is 3.39. The molecule has 1 heterocycles. The SMILES string of the molecule is NC1CCCC1C(=O)NC1CCCc2sccc21. The van der Waals surface area contributed by atoms with E-state index in [2.05, 4.69) is 16.8 Å². The van der Waals surface area contributed by atoms with Gasteiger partial charge in [0.05, 0.1) is 12.0 Å². The Morgan fingerprint density at radius 1 is 1.33 bits per heavy atom. The molecule has 3 atom stereocenters. The lowest BCUT2D eigenvalue weighted by Gasteiger charge is -2.26. The van der Waals surface area contributed by atoms with Crippen LogP contribution in [0.4, 0.5) is 0 Å². The van der Waals surface area contributed by atoms with E-state index in [9.17, 15) is 4.79 Å². The first-order valence-electron chi connectivity index (χ1n) is 6.88. The number of fused-ring (bicyclic) bond motifs is 1. The minimum Gasteiger partial charge on any atom is -0.349 e. The molecule has 1 amide bonds. The molecule has 0 radical (unpaired) electrons. The van der Waals surface area contributed by atoms with Gasteiger partial charge in [-0.1, -0.05) is 6.42 Å². The molecule has 2 aliphatic rings. The summed E-state index contributed by atoms with van der Waals surface area (Å²) in [5.41, 5.74) is 7.34. The number of aryl methyl sites for hydroxylation is 1. The van der Waals surface area contributed by atoms with Crippen LogP contribution in [0, 0.1) is 5.92 Å². The fourth-order valence-electron chi connectivity index (χ4n) is 3.23. The number of nitrogens with one attached hydrogen (secondary N) is 1. The molecule has 0 aromatic carbocycles. The number of hydrogen-bond acceptors (Lipinski definition) is 3. The van der Waals surface area contributed by atoms with Crippen molar-refractivity contribution in [3.8, 4) is 0 Å². The molecule has 3 unspecified atom stereocenters. The molecule has 3 nitrogen and oxygen atoms in total. The summed E-state index contributed by atoms with van der Waals surface area (Å²) >= 11 is 1.81. The molecular weight excluding hydrogens is 244 g/mol. The number of rotatable bonds is 2.